The summed E-state index contributed by atoms with van der Waals surface area (Å²) < 4.78 is 0. The quantitative estimate of drug-likeness (QED) is 0.888. The van der Waals surface area contributed by atoms with Crippen molar-refractivity contribution in [2.45, 2.75) is 31.3 Å². The van der Waals surface area contributed by atoms with Gasteiger partial charge in [0.1, 0.15) is 5.69 Å². The van der Waals surface area contributed by atoms with Crippen LogP contribution in [-0.2, 0) is 4.79 Å². The van der Waals surface area contributed by atoms with E-state index in [1.54, 1.807) is 4.90 Å². The number of fused-ring (bicyclic) bond motifs is 3. The summed E-state index contributed by atoms with van der Waals surface area (Å²) in [6.07, 6.45) is 2.31. The molecule has 1 aromatic carbocycles. The van der Waals surface area contributed by atoms with Gasteiger partial charge in [0.25, 0.3) is 5.91 Å². The Balaban J connectivity index is 1.67. The van der Waals surface area contributed by atoms with E-state index >= 15 is 0 Å². The standard InChI is InChI=1S/C16H16N2O3/c19-15(13-7-9-3-1-2-4-12(9)17-13)18-10-5-6-14(18)11(8-10)16(20)21/h1-4,7,10-11,14,17H,5-6,8H2,(H,20,21). The lowest BCUT2D eigenvalue weighted by Crippen LogP contribution is -2.38. The van der Waals surface area contributed by atoms with Crippen LogP contribution in [0.4, 0.5) is 0 Å². The third kappa shape index (κ3) is 1.77. The molecule has 3 unspecified atom stereocenters. The fourth-order valence-electron chi connectivity index (χ4n) is 3.90. The van der Waals surface area contributed by atoms with Crippen LogP contribution in [0.15, 0.2) is 30.3 Å². The van der Waals surface area contributed by atoms with Gasteiger partial charge in [0.2, 0.25) is 0 Å². The second-order valence-corrected chi connectivity index (χ2v) is 5.96. The summed E-state index contributed by atoms with van der Waals surface area (Å²) >= 11 is 0. The largest absolute Gasteiger partial charge is 0.481 e. The Kier molecular flexibility index (Phi) is 2.58. The maximum absolute atomic E-state index is 12.7. The molecule has 2 N–H and O–H groups in total. The minimum atomic E-state index is -0.781. The van der Waals surface area contributed by atoms with Gasteiger partial charge in [-0.25, -0.2) is 0 Å². The van der Waals surface area contributed by atoms with Crippen molar-refractivity contribution in [1.82, 2.24) is 9.88 Å². The van der Waals surface area contributed by atoms with Crippen molar-refractivity contribution < 1.29 is 14.7 Å². The molecule has 1 aromatic heterocycles. The van der Waals surface area contributed by atoms with Gasteiger partial charge in [-0.3, -0.25) is 9.59 Å². The van der Waals surface area contributed by atoms with Crippen LogP contribution in [0.2, 0.25) is 0 Å². The Bertz CT molecular complexity index is 703. The van der Waals surface area contributed by atoms with E-state index < -0.39 is 11.9 Å². The van der Waals surface area contributed by atoms with Gasteiger partial charge in [0.05, 0.1) is 5.92 Å². The summed E-state index contributed by atoms with van der Waals surface area (Å²) in [5.41, 5.74) is 1.49. The molecule has 5 nitrogen and oxygen atoms in total. The normalized spacial score (nSPS) is 27.4. The summed E-state index contributed by atoms with van der Waals surface area (Å²) in [7, 11) is 0. The average Bonchev–Trinajstić information content (AvgIpc) is 3.18. The number of carboxylic acids is 1. The number of aromatic amines is 1. The molecule has 3 atom stereocenters. The van der Waals surface area contributed by atoms with Crippen molar-refractivity contribution in [1.29, 1.82) is 0 Å². The number of H-pyrrole nitrogens is 1. The first-order chi connectivity index (χ1) is 10.1. The van der Waals surface area contributed by atoms with Crippen molar-refractivity contribution in [2.75, 3.05) is 0 Å². The monoisotopic (exact) mass is 284 g/mol. The van der Waals surface area contributed by atoms with Crippen LogP contribution in [0, 0.1) is 5.92 Å². The van der Waals surface area contributed by atoms with Gasteiger partial charge in [0, 0.05) is 23.0 Å². The number of rotatable bonds is 2. The van der Waals surface area contributed by atoms with Crippen molar-refractivity contribution in [2.24, 2.45) is 5.92 Å². The van der Waals surface area contributed by atoms with E-state index in [2.05, 4.69) is 4.98 Å². The molecule has 1 amide bonds. The molecule has 108 valence electrons. The molecule has 2 saturated heterocycles. The Hall–Kier alpha value is -2.30. The molecule has 5 heteroatoms. The van der Waals surface area contributed by atoms with Crippen LogP contribution in [0.3, 0.4) is 0 Å². The Morgan fingerprint density at radius 1 is 1.24 bits per heavy atom. The summed E-state index contributed by atoms with van der Waals surface area (Å²) in [6.45, 7) is 0. The minimum Gasteiger partial charge on any atom is -0.481 e. The van der Waals surface area contributed by atoms with Crippen molar-refractivity contribution in [3.8, 4) is 0 Å². The first-order valence-electron chi connectivity index (χ1n) is 7.28. The molecular formula is C16H16N2O3. The number of nitrogens with one attached hydrogen (secondary N) is 1. The molecule has 2 fully saturated rings. The first kappa shape index (κ1) is 12.4. The molecule has 0 saturated carbocycles. The van der Waals surface area contributed by atoms with Crippen LogP contribution < -0.4 is 0 Å². The van der Waals surface area contributed by atoms with Crippen LogP contribution in [0.1, 0.15) is 29.8 Å². The number of benzene rings is 1. The molecule has 4 rings (SSSR count). The highest BCUT2D eigenvalue weighted by molar-refractivity contribution is 5.99. The Morgan fingerprint density at radius 2 is 2.05 bits per heavy atom. The molecule has 2 aliphatic heterocycles. The van der Waals surface area contributed by atoms with E-state index in [-0.39, 0.29) is 18.0 Å². The van der Waals surface area contributed by atoms with Gasteiger partial charge in [-0.1, -0.05) is 18.2 Å². The van der Waals surface area contributed by atoms with Crippen LogP contribution in [0.25, 0.3) is 10.9 Å². The maximum atomic E-state index is 12.7. The number of hydrogen-bond acceptors (Lipinski definition) is 2. The molecule has 21 heavy (non-hydrogen) atoms. The van der Waals surface area contributed by atoms with Gasteiger partial charge >= 0.3 is 5.97 Å². The summed E-state index contributed by atoms with van der Waals surface area (Å²) in [6, 6.07) is 9.54. The number of amides is 1. The number of carboxylic acid groups (broad SMARTS) is 1. The lowest BCUT2D eigenvalue weighted by Gasteiger charge is -2.22. The molecule has 0 spiro atoms. The molecule has 0 aliphatic carbocycles. The molecule has 3 heterocycles. The Labute approximate surface area is 121 Å². The van der Waals surface area contributed by atoms with Crippen LogP contribution >= 0.6 is 0 Å². The average molecular weight is 284 g/mol. The van der Waals surface area contributed by atoms with Crippen molar-refractivity contribution in [3.05, 3.63) is 36.0 Å². The number of carbonyl (C=O) groups is 2. The predicted molar refractivity (Wildman–Crippen MR) is 77.0 cm³/mol. The van der Waals surface area contributed by atoms with Gasteiger partial charge in [-0.2, -0.15) is 0 Å². The number of hydrogen-bond donors (Lipinski definition) is 2. The smallest absolute Gasteiger partial charge is 0.308 e. The van der Waals surface area contributed by atoms with Crippen LogP contribution in [-0.4, -0.2) is 39.0 Å². The number of para-hydroxylation sites is 1. The lowest BCUT2D eigenvalue weighted by atomic mass is 9.89. The topological polar surface area (TPSA) is 73.4 Å². The third-order valence-corrected chi connectivity index (χ3v) is 4.85. The number of carbonyl (C=O) groups excluding carboxylic acids is 1. The predicted octanol–water partition coefficient (Wildman–Crippen LogP) is 2.25. The minimum absolute atomic E-state index is 0.0672. The summed E-state index contributed by atoms with van der Waals surface area (Å²) in [4.78, 5) is 29.0. The zero-order valence-corrected chi connectivity index (χ0v) is 11.5. The van der Waals surface area contributed by atoms with Crippen molar-refractivity contribution >= 4 is 22.8 Å². The molecule has 2 aromatic rings. The van der Waals surface area contributed by atoms with Crippen LogP contribution in [0.5, 0.6) is 0 Å². The summed E-state index contributed by atoms with van der Waals surface area (Å²) in [5, 5.41) is 10.3. The first-order valence-corrected chi connectivity index (χ1v) is 7.28. The van der Waals surface area contributed by atoms with E-state index in [0.29, 0.717) is 12.1 Å². The van der Waals surface area contributed by atoms with Gasteiger partial charge in [-0.15, -0.1) is 0 Å². The highest BCUT2D eigenvalue weighted by atomic mass is 16.4. The third-order valence-electron chi connectivity index (χ3n) is 4.85. The lowest BCUT2D eigenvalue weighted by molar-refractivity contribution is -0.142. The van der Waals surface area contributed by atoms with E-state index in [4.69, 9.17) is 0 Å². The van der Waals surface area contributed by atoms with Crippen molar-refractivity contribution in [3.63, 3.8) is 0 Å². The Morgan fingerprint density at radius 3 is 2.76 bits per heavy atom. The second-order valence-electron chi connectivity index (χ2n) is 5.96. The van der Waals surface area contributed by atoms with E-state index in [9.17, 15) is 14.7 Å². The SMILES string of the molecule is O=C(O)C1CC2CCC1N2C(=O)c1cc2ccccc2[nH]1. The maximum Gasteiger partial charge on any atom is 0.308 e. The van der Waals surface area contributed by atoms with E-state index in [1.165, 1.54) is 0 Å². The zero-order chi connectivity index (χ0) is 14.6. The highest BCUT2D eigenvalue weighted by Crippen LogP contribution is 2.42. The fraction of sp³-hybridized carbons (Fsp3) is 0.375. The van der Waals surface area contributed by atoms with E-state index in [0.717, 1.165) is 23.7 Å². The van der Waals surface area contributed by atoms with Gasteiger partial charge in [-0.05, 0) is 31.4 Å². The zero-order valence-electron chi connectivity index (χ0n) is 11.5. The van der Waals surface area contributed by atoms with Gasteiger partial charge in [0.15, 0.2) is 0 Å². The molecule has 0 radical (unpaired) electrons. The number of aromatic nitrogens is 1. The second kappa shape index (κ2) is 4.35. The summed E-state index contributed by atoms with van der Waals surface area (Å²) in [5.74, 6) is -1.25. The fourth-order valence-corrected chi connectivity index (χ4v) is 3.90. The van der Waals surface area contributed by atoms with Gasteiger partial charge < -0.3 is 15.0 Å². The molecule has 2 aliphatic rings. The molecule has 2 bridgehead atoms. The number of nitrogens with zero attached hydrogens (tertiary/aromatic N) is 1. The van der Waals surface area contributed by atoms with E-state index in [1.807, 2.05) is 30.3 Å². The highest BCUT2D eigenvalue weighted by Gasteiger charge is 2.51. The molecular weight excluding hydrogens is 268 g/mol. The number of aliphatic carboxylic acids is 1.